The molecule has 0 atom stereocenters. The lowest BCUT2D eigenvalue weighted by molar-refractivity contribution is -0.137. The summed E-state index contributed by atoms with van der Waals surface area (Å²) in [5.41, 5.74) is 2.01. The van der Waals surface area contributed by atoms with Crippen LogP contribution in [0.4, 0.5) is 13.2 Å². The summed E-state index contributed by atoms with van der Waals surface area (Å²) in [6.45, 7) is 0.479. The number of hydrogen-bond acceptors (Lipinski definition) is 1. The van der Waals surface area contributed by atoms with Gasteiger partial charge in [-0.2, -0.15) is 13.2 Å². The Bertz CT molecular complexity index is 1010. The van der Waals surface area contributed by atoms with Crippen molar-refractivity contribution < 1.29 is 13.2 Å². The monoisotopic (exact) mass is 326 g/mol. The number of imidazole rings is 1. The largest absolute Gasteiger partial charge is 0.416 e. The number of alkyl halides is 3. The van der Waals surface area contributed by atoms with Gasteiger partial charge in [0, 0.05) is 6.54 Å². The van der Waals surface area contributed by atoms with Crippen LogP contribution in [0.2, 0.25) is 0 Å². The van der Waals surface area contributed by atoms with E-state index in [1.807, 2.05) is 34.9 Å². The second-order valence-corrected chi connectivity index (χ2v) is 5.76. The molecule has 0 unspecified atom stereocenters. The predicted molar refractivity (Wildman–Crippen MR) is 87.8 cm³/mol. The maximum Gasteiger partial charge on any atom is 0.416 e. The van der Waals surface area contributed by atoms with E-state index >= 15 is 0 Å². The highest BCUT2D eigenvalue weighted by Gasteiger charge is 2.29. The Labute approximate surface area is 136 Å². The maximum atomic E-state index is 12.6. The van der Waals surface area contributed by atoms with E-state index in [1.54, 1.807) is 6.33 Å². The number of hydrogen-bond donors (Lipinski definition) is 0. The SMILES string of the molecule is FC(F)(F)c1ccc(Cn2cnc3cc4ccccc4cc32)cc1. The highest BCUT2D eigenvalue weighted by molar-refractivity contribution is 5.95. The predicted octanol–water partition coefficient (Wildman–Crippen LogP) is 5.26. The first-order valence-corrected chi connectivity index (χ1v) is 7.50. The fourth-order valence-electron chi connectivity index (χ4n) is 2.87. The number of nitrogens with zero attached hydrogens (tertiary/aromatic N) is 2. The van der Waals surface area contributed by atoms with Crippen molar-refractivity contribution in [2.24, 2.45) is 0 Å². The van der Waals surface area contributed by atoms with Crippen molar-refractivity contribution in [2.45, 2.75) is 12.7 Å². The third-order valence-electron chi connectivity index (χ3n) is 4.12. The van der Waals surface area contributed by atoms with Crippen molar-refractivity contribution in [2.75, 3.05) is 0 Å². The van der Waals surface area contributed by atoms with Gasteiger partial charge in [-0.3, -0.25) is 0 Å². The van der Waals surface area contributed by atoms with Crippen LogP contribution in [0.25, 0.3) is 21.8 Å². The molecule has 0 bridgehead atoms. The molecule has 24 heavy (non-hydrogen) atoms. The summed E-state index contributed by atoms with van der Waals surface area (Å²) in [7, 11) is 0. The Hall–Kier alpha value is -2.82. The first-order valence-electron chi connectivity index (χ1n) is 7.50. The van der Waals surface area contributed by atoms with E-state index in [4.69, 9.17) is 0 Å². The Balaban J connectivity index is 1.70. The lowest BCUT2D eigenvalue weighted by atomic mass is 10.1. The fraction of sp³-hybridized carbons (Fsp3) is 0.105. The molecule has 0 aliphatic carbocycles. The molecule has 5 heteroatoms. The molecule has 0 radical (unpaired) electrons. The average Bonchev–Trinajstić information content (AvgIpc) is 2.94. The minimum Gasteiger partial charge on any atom is -0.326 e. The van der Waals surface area contributed by atoms with E-state index in [0.717, 1.165) is 39.5 Å². The minimum atomic E-state index is -4.31. The summed E-state index contributed by atoms with van der Waals surface area (Å²) in [6.07, 6.45) is -2.58. The van der Waals surface area contributed by atoms with E-state index < -0.39 is 11.7 Å². The van der Waals surface area contributed by atoms with Gasteiger partial charge in [-0.05, 0) is 40.6 Å². The van der Waals surface area contributed by atoms with E-state index in [0.29, 0.717) is 6.54 Å². The van der Waals surface area contributed by atoms with Crippen LogP contribution in [0.1, 0.15) is 11.1 Å². The van der Waals surface area contributed by atoms with Crippen LogP contribution in [-0.2, 0) is 12.7 Å². The third-order valence-corrected chi connectivity index (χ3v) is 4.12. The Morgan fingerprint density at radius 2 is 1.54 bits per heavy atom. The molecule has 0 amide bonds. The molecule has 1 heterocycles. The van der Waals surface area contributed by atoms with Crippen molar-refractivity contribution in [3.8, 4) is 0 Å². The molecule has 0 aliphatic heterocycles. The zero-order valence-corrected chi connectivity index (χ0v) is 12.6. The minimum absolute atomic E-state index is 0.479. The van der Waals surface area contributed by atoms with Gasteiger partial charge in [0.2, 0.25) is 0 Å². The van der Waals surface area contributed by atoms with Crippen LogP contribution >= 0.6 is 0 Å². The quantitative estimate of drug-likeness (QED) is 0.491. The Morgan fingerprint density at radius 3 is 2.21 bits per heavy atom. The van der Waals surface area contributed by atoms with Crippen LogP contribution in [0.15, 0.2) is 67.0 Å². The third kappa shape index (κ3) is 2.62. The Morgan fingerprint density at radius 1 is 0.875 bits per heavy atom. The highest BCUT2D eigenvalue weighted by atomic mass is 19.4. The summed E-state index contributed by atoms with van der Waals surface area (Å²) in [4.78, 5) is 4.40. The van der Waals surface area contributed by atoms with Gasteiger partial charge in [-0.25, -0.2) is 4.98 Å². The second kappa shape index (κ2) is 5.37. The van der Waals surface area contributed by atoms with Gasteiger partial charge in [0.25, 0.3) is 0 Å². The second-order valence-electron chi connectivity index (χ2n) is 5.76. The van der Waals surface area contributed by atoms with E-state index in [9.17, 15) is 13.2 Å². The normalized spacial score (nSPS) is 12.1. The molecule has 0 saturated carbocycles. The summed E-state index contributed by atoms with van der Waals surface area (Å²) in [6, 6.07) is 17.3. The number of rotatable bonds is 2. The van der Waals surface area contributed by atoms with Gasteiger partial charge < -0.3 is 4.57 Å². The summed E-state index contributed by atoms with van der Waals surface area (Å²) in [5, 5.41) is 2.23. The van der Waals surface area contributed by atoms with Crippen LogP contribution < -0.4 is 0 Å². The van der Waals surface area contributed by atoms with Crippen molar-refractivity contribution >= 4 is 21.8 Å². The molecule has 3 aromatic carbocycles. The van der Waals surface area contributed by atoms with Gasteiger partial charge in [0.15, 0.2) is 0 Å². The molecule has 4 rings (SSSR count). The lowest BCUT2D eigenvalue weighted by Gasteiger charge is -2.09. The molecular formula is C19H13F3N2. The number of fused-ring (bicyclic) bond motifs is 2. The molecule has 0 saturated heterocycles. The first kappa shape index (κ1) is 14.8. The number of aromatic nitrogens is 2. The van der Waals surface area contributed by atoms with E-state index in [1.165, 1.54) is 12.1 Å². The standard InChI is InChI=1S/C19H13F3N2/c20-19(21,22)16-7-5-13(6-8-16)11-24-12-23-17-9-14-3-1-2-4-15(14)10-18(17)24/h1-10,12H,11H2. The van der Waals surface area contributed by atoms with Crippen LogP contribution in [0, 0.1) is 0 Å². The topological polar surface area (TPSA) is 17.8 Å². The molecule has 120 valence electrons. The van der Waals surface area contributed by atoms with Crippen molar-refractivity contribution in [3.05, 3.63) is 78.1 Å². The lowest BCUT2D eigenvalue weighted by Crippen LogP contribution is -2.05. The fourth-order valence-corrected chi connectivity index (χ4v) is 2.87. The molecule has 0 spiro atoms. The highest BCUT2D eigenvalue weighted by Crippen LogP contribution is 2.29. The van der Waals surface area contributed by atoms with E-state index in [2.05, 4.69) is 11.1 Å². The summed E-state index contributed by atoms with van der Waals surface area (Å²) >= 11 is 0. The average molecular weight is 326 g/mol. The molecule has 0 aliphatic rings. The molecule has 1 aromatic heterocycles. The van der Waals surface area contributed by atoms with Gasteiger partial charge in [-0.1, -0.05) is 36.4 Å². The molecule has 2 nitrogen and oxygen atoms in total. The number of benzene rings is 3. The van der Waals surface area contributed by atoms with Crippen LogP contribution in [-0.4, -0.2) is 9.55 Å². The summed E-state index contributed by atoms with van der Waals surface area (Å²) in [5.74, 6) is 0. The zero-order chi connectivity index (χ0) is 16.7. The van der Waals surface area contributed by atoms with Crippen LogP contribution in [0.3, 0.4) is 0 Å². The van der Waals surface area contributed by atoms with Crippen molar-refractivity contribution in [1.29, 1.82) is 0 Å². The zero-order valence-electron chi connectivity index (χ0n) is 12.6. The van der Waals surface area contributed by atoms with Gasteiger partial charge in [0.05, 0.1) is 22.9 Å². The molecule has 0 N–H and O–H groups in total. The van der Waals surface area contributed by atoms with Crippen LogP contribution in [0.5, 0.6) is 0 Å². The van der Waals surface area contributed by atoms with Crippen molar-refractivity contribution in [3.63, 3.8) is 0 Å². The van der Waals surface area contributed by atoms with Crippen molar-refractivity contribution in [1.82, 2.24) is 9.55 Å². The van der Waals surface area contributed by atoms with E-state index in [-0.39, 0.29) is 0 Å². The number of halogens is 3. The van der Waals surface area contributed by atoms with Gasteiger partial charge in [-0.15, -0.1) is 0 Å². The maximum absolute atomic E-state index is 12.6. The van der Waals surface area contributed by atoms with Gasteiger partial charge >= 0.3 is 6.18 Å². The smallest absolute Gasteiger partial charge is 0.326 e. The molecular weight excluding hydrogens is 313 g/mol. The first-order chi connectivity index (χ1) is 11.5. The molecule has 0 fully saturated rings. The van der Waals surface area contributed by atoms with Gasteiger partial charge in [0.1, 0.15) is 0 Å². The Kier molecular flexibility index (Phi) is 3.30. The molecule has 4 aromatic rings. The summed E-state index contributed by atoms with van der Waals surface area (Å²) < 4.78 is 39.9.